The third kappa shape index (κ3) is 6.94. The molecule has 2 N–H and O–H groups in total. The summed E-state index contributed by atoms with van der Waals surface area (Å²) in [7, 11) is 0. The van der Waals surface area contributed by atoms with Crippen molar-refractivity contribution < 1.29 is 19.7 Å². The summed E-state index contributed by atoms with van der Waals surface area (Å²) in [5.41, 5.74) is 0.954. The number of Topliss-reactive ketones (excluding diaryl/α,β-unsaturated/α-hetero) is 1. The molecule has 0 aliphatic heterocycles. The van der Waals surface area contributed by atoms with Gasteiger partial charge in [0.2, 0.25) is 0 Å². The normalized spacial score (nSPS) is 12.1. The predicted molar refractivity (Wildman–Crippen MR) is 87.4 cm³/mol. The van der Waals surface area contributed by atoms with Gasteiger partial charge in [-0.25, -0.2) is 0 Å². The Morgan fingerprint density at radius 1 is 1.27 bits per heavy atom. The average Bonchev–Trinajstić information content (AvgIpc) is 2.48. The number of hydrogen-bond acceptors (Lipinski definition) is 4. The molecule has 0 spiro atoms. The number of ether oxygens (including phenoxy) is 1. The molecule has 1 aromatic rings. The molecule has 1 atom stereocenters. The number of unbranched alkanes of at least 4 members (excludes halogenated alkanes) is 2. The van der Waals surface area contributed by atoms with Gasteiger partial charge in [0.25, 0.3) is 0 Å². The number of ketones is 1. The molecule has 1 unspecified atom stereocenters. The quantitative estimate of drug-likeness (QED) is 0.613. The molecule has 4 heteroatoms. The minimum atomic E-state index is -0.516. The van der Waals surface area contributed by atoms with Crippen molar-refractivity contribution in [3.05, 3.63) is 23.8 Å². The Morgan fingerprint density at radius 3 is 2.73 bits per heavy atom. The molecule has 0 aromatic heterocycles. The number of aryl methyl sites for hydroxylation is 1. The predicted octanol–water partition coefficient (Wildman–Crippen LogP) is 3.62. The summed E-state index contributed by atoms with van der Waals surface area (Å²) in [6.45, 7) is 4.46. The lowest BCUT2D eigenvalue weighted by Gasteiger charge is -2.10. The van der Waals surface area contributed by atoms with Crippen LogP contribution in [0.3, 0.4) is 0 Å². The van der Waals surface area contributed by atoms with Crippen LogP contribution in [0.25, 0.3) is 0 Å². The largest absolute Gasteiger partial charge is 0.504 e. The van der Waals surface area contributed by atoms with E-state index in [0.717, 1.165) is 24.8 Å². The van der Waals surface area contributed by atoms with E-state index in [1.165, 1.54) is 0 Å². The van der Waals surface area contributed by atoms with Crippen molar-refractivity contribution in [2.24, 2.45) is 0 Å². The number of aliphatic hydroxyl groups excluding tert-OH is 1. The van der Waals surface area contributed by atoms with Crippen molar-refractivity contribution in [3.8, 4) is 11.5 Å². The lowest BCUT2D eigenvalue weighted by molar-refractivity contribution is -0.121. The van der Waals surface area contributed by atoms with Crippen molar-refractivity contribution in [1.29, 1.82) is 0 Å². The first kappa shape index (κ1) is 18.5. The van der Waals surface area contributed by atoms with Gasteiger partial charge in [-0.3, -0.25) is 4.79 Å². The molecule has 22 heavy (non-hydrogen) atoms. The van der Waals surface area contributed by atoms with E-state index in [2.05, 4.69) is 6.92 Å². The standard InChI is InChI=1S/C18H28O4/c1-3-5-6-7-15(19)13-16(20)10-8-14-9-11-17(21)18(12-14)22-4-2/h9,11-12,15,19,21H,3-8,10,13H2,1-2H3. The first-order valence-electron chi connectivity index (χ1n) is 8.21. The Hall–Kier alpha value is -1.55. The van der Waals surface area contributed by atoms with Gasteiger partial charge in [0.05, 0.1) is 12.7 Å². The Labute approximate surface area is 133 Å². The van der Waals surface area contributed by atoms with E-state index in [4.69, 9.17) is 4.74 Å². The number of aromatic hydroxyl groups is 1. The summed E-state index contributed by atoms with van der Waals surface area (Å²) in [4.78, 5) is 11.9. The van der Waals surface area contributed by atoms with Gasteiger partial charge in [-0.2, -0.15) is 0 Å². The Morgan fingerprint density at radius 2 is 2.05 bits per heavy atom. The van der Waals surface area contributed by atoms with E-state index in [1.54, 1.807) is 18.2 Å². The van der Waals surface area contributed by atoms with Crippen LogP contribution in [0.5, 0.6) is 11.5 Å². The van der Waals surface area contributed by atoms with Gasteiger partial charge in [-0.15, -0.1) is 0 Å². The molecule has 0 heterocycles. The molecule has 1 aromatic carbocycles. The zero-order chi connectivity index (χ0) is 16.4. The second-order valence-corrected chi connectivity index (χ2v) is 5.63. The summed E-state index contributed by atoms with van der Waals surface area (Å²) < 4.78 is 5.33. The number of phenols is 1. The molecule has 0 radical (unpaired) electrons. The third-order valence-corrected chi connectivity index (χ3v) is 3.62. The van der Waals surface area contributed by atoms with Gasteiger partial charge in [0, 0.05) is 12.8 Å². The summed E-state index contributed by atoms with van der Waals surface area (Å²) in [5.74, 6) is 0.644. The summed E-state index contributed by atoms with van der Waals surface area (Å²) in [6.07, 6.45) is 4.61. The highest BCUT2D eigenvalue weighted by Crippen LogP contribution is 2.27. The van der Waals surface area contributed by atoms with Crippen LogP contribution < -0.4 is 4.74 Å². The average molecular weight is 308 g/mol. The first-order chi connectivity index (χ1) is 10.6. The molecule has 0 saturated carbocycles. The minimum absolute atomic E-state index is 0.0787. The number of phenolic OH excluding ortho intramolecular Hbond substituents is 1. The smallest absolute Gasteiger partial charge is 0.161 e. The van der Waals surface area contributed by atoms with Gasteiger partial charge in [-0.05, 0) is 37.5 Å². The molecule has 0 aliphatic rings. The molecule has 0 saturated heterocycles. The molecular formula is C18H28O4. The Balaban J connectivity index is 2.39. The van der Waals surface area contributed by atoms with Crippen molar-refractivity contribution in [2.45, 2.75) is 64.9 Å². The molecule has 4 nitrogen and oxygen atoms in total. The molecule has 0 aliphatic carbocycles. The molecule has 0 amide bonds. The van der Waals surface area contributed by atoms with Crippen LogP contribution in [0.2, 0.25) is 0 Å². The molecular weight excluding hydrogens is 280 g/mol. The van der Waals surface area contributed by atoms with Gasteiger partial charge >= 0.3 is 0 Å². The lowest BCUT2D eigenvalue weighted by atomic mass is 10.0. The van der Waals surface area contributed by atoms with Gasteiger partial charge in [0.15, 0.2) is 11.5 Å². The van der Waals surface area contributed by atoms with Crippen LogP contribution in [0, 0.1) is 0 Å². The van der Waals surface area contributed by atoms with Gasteiger partial charge in [-0.1, -0.05) is 32.3 Å². The monoisotopic (exact) mass is 308 g/mol. The van der Waals surface area contributed by atoms with Crippen LogP contribution in [-0.4, -0.2) is 28.7 Å². The van der Waals surface area contributed by atoms with Crippen molar-refractivity contribution >= 4 is 5.78 Å². The third-order valence-electron chi connectivity index (χ3n) is 3.62. The van der Waals surface area contributed by atoms with Crippen molar-refractivity contribution in [3.63, 3.8) is 0 Å². The number of rotatable bonds is 11. The zero-order valence-electron chi connectivity index (χ0n) is 13.7. The molecule has 0 bridgehead atoms. The molecule has 1 rings (SSSR count). The van der Waals surface area contributed by atoms with E-state index >= 15 is 0 Å². The fourth-order valence-electron chi connectivity index (χ4n) is 2.37. The highest BCUT2D eigenvalue weighted by molar-refractivity contribution is 5.79. The summed E-state index contributed by atoms with van der Waals surface area (Å²) in [6, 6.07) is 5.15. The number of hydrogen-bond donors (Lipinski definition) is 2. The number of carbonyl (C=O) groups is 1. The number of aliphatic hydroxyl groups is 1. The maximum atomic E-state index is 11.9. The second-order valence-electron chi connectivity index (χ2n) is 5.63. The fourth-order valence-corrected chi connectivity index (χ4v) is 2.37. The van der Waals surface area contributed by atoms with E-state index in [0.29, 0.717) is 31.6 Å². The van der Waals surface area contributed by atoms with Crippen LogP contribution >= 0.6 is 0 Å². The SMILES string of the molecule is CCCCCC(O)CC(=O)CCc1ccc(O)c(OCC)c1. The van der Waals surface area contributed by atoms with Gasteiger partial charge in [0.1, 0.15) is 5.78 Å². The molecule has 0 fully saturated rings. The maximum absolute atomic E-state index is 11.9. The minimum Gasteiger partial charge on any atom is -0.504 e. The van der Waals surface area contributed by atoms with E-state index in [1.807, 2.05) is 6.92 Å². The van der Waals surface area contributed by atoms with Crippen LogP contribution in [0.4, 0.5) is 0 Å². The first-order valence-corrected chi connectivity index (χ1v) is 8.21. The second kappa shape index (κ2) is 10.2. The fraction of sp³-hybridized carbons (Fsp3) is 0.611. The maximum Gasteiger partial charge on any atom is 0.161 e. The van der Waals surface area contributed by atoms with Crippen LogP contribution in [0.15, 0.2) is 18.2 Å². The zero-order valence-corrected chi connectivity index (χ0v) is 13.7. The highest BCUT2D eigenvalue weighted by Gasteiger charge is 2.11. The lowest BCUT2D eigenvalue weighted by Crippen LogP contribution is -2.13. The topological polar surface area (TPSA) is 66.8 Å². The van der Waals surface area contributed by atoms with Crippen LogP contribution in [-0.2, 0) is 11.2 Å². The van der Waals surface area contributed by atoms with E-state index in [-0.39, 0.29) is 18.0 Å². The van der Waals surface area contributed by atoms with Gasteiger partial charge < -0.3 is 14.9 Å². The Bertz CT molecular complexity index is 456. The van der Waals surface area contributed by atoms with Crippen molar-refractivity contribution in [1.82, 2.24) is 0 Å². The van der Waals surface area contributed by atoms with E-state index in [9.17, 15) is 15.0 Å². The summed E-state index contributed by atoms with van der Waals surface area (Å²) in [5, 5.41) is 19.5. The number of benzene rings is 1. The summed E-state index contributed by atoms with van der Waals surface area (Å²) >= 11 is 0. The van der Waals surface area contributed by atoms with Crippen molar-refractivity contribution in [2.75, 3.05) is 6.61 Å². The molecule has 124 valence electrons. The highest BCUT2D eigenvalue weighted by atomic mass is 16.5. The Kier molecular flexibility index (Phi) is 8.60. The van der Waals surface area contributed by atoms with Crippen LogP contribution in [0.1, 0.15) is 57.9 Å². The number of carbonyl (C=O) groups excluding carboxylic acids is 1. The van der Waals surface area contributed by atoms with E-state index < -0.39 is 6.10 Å².